The van der Waals surface area contributed by atoms with Crippen LogP contribution in [0.5, 0.6) is 11.5 Å². The number of H-pyrrole nitrogens is 1. The van der Waals surface area contributed by atoms with Crippen molar-refractivity contribution in [3.63, 3.8) is 0 Å². The van der Waals surface area contributed by atoms with Crippen LogP contribution in [-0.4, -0.2) is 66.7 Å². The molecule has 3 aromatic rings. The van der Waals surface area contributed by atoms with E-state index in [4.69, 9.17) is 14.2 Å². The Kier molecular flexibility index (Phi) is 6.61. The van der Waals surface area contributed by atoms with Crippen molar-refractivity contribution in [3.05, 3.63) is 53.9 Å². The van der Waals surface area contributed by atoms with Gasteiger partial charge in [0, 0.05) is 43.0 Å². The van der Waals surface area contributed by atoms with E-state index in [1.165, 1.54) is 0 Å². The molecule has 0 spiro atoms. The number of carbonyl (C=O) groups is 1. The minimum atomic E-state index is -0.114. The molecule has 0 bridgehead atoms. The molecule has 0 atom stereocenters. The SMILES string of the molecule is CCOc1c(OCCCN2CCOCC2)cccc1C(=O)c1c[nH]c2ncccc12. The summed E-state index contributed by atoms with van der Waals surface area (Å²) in [5, 5.41) is 0.793. The van der Waals surface area contributed by atoms with E-state index in [0.29, 0.717) is 41.5 Å². The number of aromatic nitrogens is 2. The zero-order valence-corrected chi connectivity index (χ0v) is 17.2. The molecule has 7 heteroatoms. The van der Waals surface area contributed by atoms with Crippen LogP contribution < -0.4 is 9.47 Å². The summed E-state index contributed by atoms with van der Waals surface area (Å²) in [5.41, 5.74) is 1.75. The standard InChI is InChI=1S/C23H27N3O4/c1-2-29-22-18(21(27)19-16-25-23-17(19)7-4-9-24-23)6-3-8-20(22)30-13-5-10-26-11-14-28-15-12-26/h3-4,6-9,16H,2,5,10-15H2,1H3,(H,24,25). The second-order valence-corrected chi connectivity index (χ2v) is 7.15. The summed E-state index contributed by atoms with van der Waals surface area (Å²) >= 11 is 0. The number of rotatable bonds is 9. The van der Waals surface area contributed by atoms with Crippen molar-refractivity contribution in [3.8, 4) is 11.5 Å². The van der Waals surface area contributed by atoms with Crippen LogP contribution >= 0.6 is 0 Å². The zero-order chi connectivity index (χ0) is 20.8. The van der Waals surface area contributed by atoms with Gasteiger partial charge in [0.25, 0.3) is 0 Å². The maximum Gasteiger partial charge on any atom is 0.199 e. The zero-order valence-electron chi connectivity index (χ0n) is 17.2. The van der Waals surface area contributed by atoms with Crippen molar-refractivity contribution in [1.82, 2.24) is 14.9 Å². The molecule has 0 saturated carbocycles. The summed E-state index contributed by atoms with van der Waals surface area (Å²) < 4.78 is 17.3. The number of morpholine rings is 1. The molecule has 1 saturated heterocycles. The molecule has 3 heterocycles. The summed E-state index contributed by atoms with van der Waals surface area (Å²) in [5.74, 6) is 0.980. The van der Waals surface area contributed by atoms with Gasteiger partial charge >= 0.3 is 0 Å². The molecule has 4 rings (SSSR count). The first-order chi connectivity index (χ1) is 14.8. The average molecular weight is 409 g/mol. The topological polar surface area (TPSA) is 76.7 Å². The monoisotopic (exact) mass is 409 g/mol. The van der Waals surface area contributed by atoms with E-state index < -0.39 is 0 Å². The highest BCUT2D eigenvalue weighted by atomic mass is 16.5. The third kappa shape index (κ3) is 4.47. The predicted molar refractivity (Wildman–Crippen MR) is 115 cm³/mol. The number of hydrogen-bond donors (Lipinski definition) is 1. The number of pyridine rings is 1. The Morgan fingerprint density at radius 3 is 2.87 bits per heavy atom. The van der Waals surface area contributed by atoms with Gasteiger partial charge in [0.15, 0.2) is 17.3 Å². The Balaban J connectivity index is 1.50. The summed E-state index contributed by atoms with van der Waals surface area (Å²) in [4.78, 5) is 23.0. The fourth-order valence-electron chi connectivity index (χ4n) is 3.69. The van der Waals surface area contributed by atoms with Gasteiger partial charge in [-0.2, -0.15) is 0 Å². The molecule has 1 fully saturated rings. The summed E-state index contributed by atoms with van der Waals surface area (Å²) in [6, 6.07) is 9.18. The first-order valence-corrected chi connectivity index (χ1v) is 10.4. The Labute approximate surface area is 176 Å². The number of hydrogen-bond acceptors (Lipinski definition) is 6. The van der Waals surface area contributed by atoms with Crippen LogP contribution in [0.2, 0.25) is 0 Å². The number of para-hydroxylation sites is 1. The molecule has 0 amide bonds. The molecular formula is C23H27N3O4. The summed E-state index contributed by atoms with van der Waals surface area (Å²) in [6.07, 6.45) is 4.30. The molecule has 1 N–H and O–H groups in total. The van der Waals surface area contributed by atoms with E-state index in [2.05, 4.69) is 14.9 Å². The van der Waals surface area contributed by atoms with Crippen LogP contribution in [0.1, 0.15) is 29.3 Å². The lowest BCUT2D eigenvalue weighted by atomic mass is 10.0. The Morgan fingerprint density at radius 1 is 1.17 bits per heavy atom. The summed E-state index contributed by atoms with van der Waals surface area (Å²) in [6.45, 7) is 7.40. The van der Waals surface area contributed by atoms with E-state index in [1.54, 1.807) is 18.5 Å². The van der Waals surface area contributed by atoms with Crippen LogP contribution in [-0.2, 0) is 4.74 Å². The third-order valence-corrected chi connectivity index (χ3v) is 5.19. The predicted octanol–water partition coefficient (Wildman–Crippen LogP) is 3.29. The number of ether oxygens (including phenoxy) is 3. The highest BCUT2D eigenvalue weighted by molar-refractivity contribution is 6.17. The largest absolute Gasteiger partial charge is 0.490 e. The van der Waals surface area contributed by atoms with Crippen LogP contribution in [0.4, 0.5) is 0 Å². The normalized spacial score (nSPS) is 14.7. The fraction of sp³-hybridized carbons (Fsp3) is 0.391. The van der Waals surface area contributed by atoms with Crippen molar-refractivity contribution < 1.29 is 19.0 Å². The van der Waals surface area contributed by atoms with Gasteiger partial charge in [-0.25, -0.2) is 4.98 Å². The van der Waals surface area contributed by atoms with Gasteiger partial charge in [-0.1, -0.05) is 6.07 Å². The number of benzene rings is 1. The minimum Gasteiger partial charge on any atom is -0.490 e. The first-order valence-electron chi connectivity index (χ1n) is 10.4. The van der Waals surface area contributed by atoms with Crippen molar-refractivity contribution in [2.45, 2.75) is 13.3 Å². The number of nitrogens with zero attached hydrogens (tertiary/aromatic N) is 2. The van der Waals surface area contributed by atoms with Crippen LogP contribution in [0.3, 0.4) is 0 Å². The Bertz CT molecular complexity index is 995. The lowest BCUT2D eigenvalue weighted by molar-refractivity contribution is 0.0357. The second-order valence-electron chi connectivity index (χ2n) is 7.15. The average Bonchev–Trinajstić information content (AvgIpc) is 3.22. The van der Waals surface area contributed by atoms with Crippen molar-refractivity contribution in [2.75, 3.05) is 46.1 Å². The summed E-state index contributed by atoms with van der Waals surface area (Å²) in [7, 11) is 0. The molecule has 0 aliphatic carbocycles. The number of fused-ring (bicyclic) bond motifs is 1. The van der Waals surface area contributed by atoms with Crippen molar-refractivity contribution in [1.29, 1.82) is 0 Å². The highest BCUT2D eigenvalue weighted by Gasteiger charge is 2.21. The van der Waals surface area contributed by atoms with Gasteiger partial charge in [0.05, 0.1) is 32.0 Å². The molecule has 0 radical (unpaired) electrons. The van der Waals surface area contributed by atoms with Crippen molar-refractivity contribution in [2.24, 2.45) is 0 Å². The number of aromatic amines is 1. The number of ketones is 1. The Morgan fingerprint density at radius 2 is 2.03 bits per heavy atom. The minimum absolute atomic E-state index is 0.114. The lowest BCUT2D eigenvalue weighted by Crippen LogP contribution is -2.37. The third-order valence-electron chi connectivity index (χ3n) is 5.19. The molecule has 1 aromatic carbocycles. The highest BCUT2D eigenvalue weighted by Crippen LogP contribution is 2.34. The van der Waals surface area contributed by atoms with Gasteiger partial charge < -0.3 is 19.2 Å². The molecule has 1 aliphatic heterocycles. The second kappa shape index (κ2) is 9.73. The number of carbonyl (C=O) groups excluding carboxylic acids is 1. The molecule has 2 aromatic heterocycles. The fourth-order valence-corrected chi connectivity index (χ4v) is 3.69. The molecule has 0 unspecified atom stereocenters. The molecule has 158 valence electrons. The molecule has 30 heavy (non-hydrogen) atoms. The quantitative estimate of drug-likeness (QED) is 0.432. The first kappa shape index (κ1) is 20.4. The van der Waals surface area contributed by atoms with Crippen LogP contribution in [0, 0.1) is 0 Å². The molecule has 1 aliphatic rings. The molecule has 7 nitrogen and oxygen atoms in total. The van der Waals surface area contributed by atoms with E-state index in [0.717, 1.165) is 44.7 Å². The smallest absolute Gasteiger partial charge is 0.199 e. The van der Waals surface area contributed by atoms with Gasteiger partial charge in [0.2, 0.25) is 0 Å². The van der Waals surface area contributed by atoms with Crippen LogP contribution in [0.25, 0.3) is 11.0 Å². The van der Waals surface area contributed by atoms with E-state index >= 15 is 0 Å². The van der Waals surface area contributed by atoms with Crippen molar-refractivity contribution >= 4 is 16.8 Å². The maximum absolute atomic E-state index is 13.3. The maximum atomic E-state index is 13.3. The van der Waals surface area contributed by atoms with E-state index in [1.807, 2.05) is 31.2 Å². The van der Waals surface area contributed by atoms with Crippen LogP contribution in [0.15, 0.2) is 42.7 Å². The lowest BCUT2D eigenvalue weighted by Gasteiger charge is -2.26. The number of nitrogens with one attached hydrogen (secondary N) is 1. The van der Waals surface area contributed by atoms with Gasteiger partial charge in [-0.15, -0.1) is 0 Å². The van der Waals surface area contributed by atoms with E-state index in [9.17, 15) is 4.79 Å². The van der Waals surface area contributed by atoms with E-state index in [-0.39, 0.29) is 5.78 Å². The van der Waals surface area contributed by atoms with Gasteiger partial charge in [0.1, 0.15) is 5.65 Å². The van der Waals surface area contributed by atoms with Gasteiger partial charge in [-0.05, 0) is 37.6 Å². The van der Waals surface area contributed by atoms with Gasteiger partial charge in [-0.3, -0.25) is 9.69 Å². The Hall–Kier alpha value is -2.90. The molecular weight excluding hydrogens is 382 g/mol.